The zero-order valence-electron chi connectivity index (χ0n) is 6.30. The summed E-state index contributed by atoms with van der Waals surface area (Å²) in [6.45, 7) is 0.320. The van der Waals surface area contributed by atoms with Crippen LogP contribution >= 0.6 is 0 Å². The maximum absolute atomic E-state index is 10.7. The predicted molar refractivity (Wildman–Crippen MR) is 43.1 cm³/mol. The molecule has 6 heteroatoms. The largest absolute Gasteiger partial charge is 0.491 e. The Morgan fingerprint density at radius 1 is 1.58 bits per heavy atom. The summed E-state index contributed by atoms with van der Waals surface area (Å²) in [5, 5.41) is 9.34. The highest BCUT2D eigenvalue weighted by Crippen LogP contribution is 2.09. The first-order valence-corrected chi connectivity index (χ1v) is 4.90. The Morgan fingerprint density at radius 3 is 2.83 bits per heavy atom. The molecule has 1 heterocycles. The number of aliphatic hydroxyl groups excluding tert-OH is 1. The van der Waals surface area contributed by atoms with Crippen molar-refractivity contribution in [1.29, 1.82) is 0 Å². The first kappa shape index (κ1) is 9.21. The minimum atomic E-state index is -3.41. The predicted octanol–water partition coefficient (Wildman–Crippen LogP) is -0.359. The van der Waals surface area contributed by atoms with Crippen molar-refractivity contribution in [2.24, 2.45) is 4.40 Å². The van der Waals surface area contributed by atoms with Crippen molar-refractivity contribution in [2.45, 2.75) is 6.42 Å². The summed E-state index contributed by atoms with van der Waals surface area (Å²) in [7, 11) is -3.41. The van der Waals surface area contributed by atoms with Crippen LogP contribution in [0.5, 0.6) is 0 Å². The highest BCUT2D eigenvalue weighted by molar-refractivity contribution is 7.93. The van der Waals surface area contributed by atoms with Gasteiger partial charge in [-0.25, -0.2) is 0 Å². The fourth-order valence-electron chi connectivity index (χ4n) is 0.659. The third-order valence-corrected chi connectivity index (χ3v) is 2.09. The van der Waals surface area contributed by atoms with Gasteiger partial charge in [0.25, 0.3) is 10.0 Å². The number of nitrogens with zero attached hydrogens (tertiary/aromatic N) is 1. The number of rotatable bonds is 4. The Labute approximate surface area is 70.4 Å². The van der Waals surface area contributed by atoms with Crippen molar-refractivity contribution in [3.63, 3.8) is 0 Å². The summed E-state index contributed by atoms with van der Waals surface area (Å²) in [5.74, 6) is 0.225. The van der Waals surface area contributed by atoms with E-state index in [0.29, 0.717) is 13.0 Å². The molecule has 0 fully saturated rings. The van der Waals surface area contributed by atoms with E-state index in [-0.39, 0.29) is 12.4 Å². The summed E-state index contributed by atoms with van der Waals surface area (Å²) >= 11 is 0. The Kier molecular flexibility index (Phi) is 2.83. The van der Waals surface area contributed by atoms with Crippen molar-refractivity contribution in [3.8, 4) is 0 Å². The van der Waals surface area contributed by atoms with Crippen molar-refractivity contribution < 1.29 is 18.3 Å². The number of allylic oxidation sites excluding steroid dienone is 1. The third-order valence-electron chi connectivity index (χ3n) is 1.16. The Hall–Kier alpha value is -0.880. The van der Waals surface area contributed by atoms with Crippen molar-refractivity contribution in [3.05, 3.63) is 11.2 Å². The van der Waals surface area contributed by atoms with Crippen molar-refractivity contribution in [1.82, 2.24) is 0 Å². The first-order valence-electron chi connectivity index (χ1n) is 3.40. The molecule has 1 aliphatic heterocycles. The molecule has 5 nitrogen and oxygen atoms in total. The minimum Gasteiger partial charge on any atom is -0.491 e. The Morgan fingerprint density at radius 2 is 2.33 bits per heavy atom. The molecular weight excluding hydrogens is 182 g/mol. The molecule has 1 rings (SSSR count). The second kappa shape index (κ2) is 3.68. The quantitative estimate of drug-likeness (QED) is 0.616. The highest BCUT2D eigenvalue weighted by Gasteiger charge is 2.12. The average Bonchev–Trinajstić information content (AvgIpc) is 2.31. The molecule has 0 bridgehead atoms. The van der Waals surface area contributed by atoms with Crippen LogP contribution in [0.2, 0.25) is 0 Å². The molecule has 0 unspecified atom stereocenters. The molecule has 1 aliphatic rings. The average molecular weight is 191 g/mol. The first-order chi connectivity index (χ1) is 5.64. The van der Waals surface area contributed by atoms with Gasteiger partial charge in [-0.05, 0) is 0 Å². The van der Waals surface area contributed by atoms with Gasteiger partial charge in [-0.3, -0.25) is 0 Å². The monoisotopic (exact) mass is 191 g/mol. The fourth-order valence-corrected chi connectivity index (χ4v) is 1.39. The van der Waals surface area contributed by atoms with Crippen LogP contribution in [-0.2, 0) is 14.8 Å². The topological polar surface area (TPSA) is 76.0 Å². The second-order valence-electron chi connectivity index (χ2n) is 2.20. The molecule has 1 N–H and O–H groups in total. The molecule has 0 aromatic carbocycles. The second-order valence-corrected chi connectivity index (χ2v) is 3.67. The van der Waals surface area contributed by atoms with E-state index in [1.807, 2.05) is 0 Å². The van der Waals surface area contributed by atoms with Gasteiger partial charge in [0.2, 0.25) is 0 Å². The number of ether oxygens (including phenoxy) is 1. The van der Waals surface area contributed by atoms with Gasteiger partial charge in [0.05, 0.1) is 18.2 Å². The van der Waals surface area contributed by atoms with Crippen LogP contribution in [0.15, 0.2) is 15.6 Å². The lowest BCUT2D eigenvalue weighted by Crippen LogP contribution is -1.96. The summed E-state index contributed by atoms with van der Waals surface area (Å²) in [4.78, 5) is 0. The van der Waals surface area contributed by atoms with E-state index in [4.69, 9.17) is 9.84 Å². The molecule has 0 amide bonds. The highest BCUT2D eigenvalue weighted by atomic mass is 32.2. The Balaban J connectivity index is 2.42. The van der Waals surface area contributed by atoms with Gasteiger partial charge >= 0.3 is 0 Å². The Bertz CT molecular complexity index is 304. The van der Waals surface area contributed by atoms with Gasteiger partial charge in [0, 0.05) is 13.0 Å². The van der Waals surface area contributed by atoms with Crippen molar-refractivity contribution >= 4 is 16.2 Å². The summed E-state index contributed by atoms with van der Waals surface area (Å²) in [5.41, 5.74) is 0. The van der Waals surface area contributed by atoms with Crippen LogP contribution in [-0.4, -0.2) is 33.0 Å². The van der Waals surface area contributed by atoms with Crippen LogP contribution in [0, 0.1) is 0 Å². The van der Waals surface area contributed by atoms with Crippen LogP contribution in [0.4, 0.5) is 0 Å². The van der Waals surface area contributed by atoms with Gasteiger partial charge in [-0.1, -0.05) is 0 Å². The van der Waals surface area contributed by atoms with Gasteiger partial charge in [0.1, 0.15) is 0 Å². The normalized spacial score (nSPS) is 19.2. The van der Waals surface area contributed by atoms with E-state index in [1.54, 1.807) is 0 Å². The van der Waals surface area contributed by atoms with Gasteiger partial charge < -0.3 is 9.84 Å². The summed E-state index contributed by atoms with van der Waals surface area (Å²) < 4.78 is 29.5. The lowest BCUT2D eigenvalue weighted by Gasteiger charge is -2.00. The van der Waals surface area contributed by atoms with Gasteiger partial charge in [0.15, 0.2) is 5.76 Å². The fraction of sp³-hybridized carbons (Fsp3) is 0.500. The van der Waals surface area contributed by atoms with E-state index < -0.39 is 10.0 Å². The van der Waals surface area contributed by atoms with E-state index in [1.165, 1.54) is 0 Å². The molecule has 12 heavy (non-hydrogen) atoms. The van der Waals surface area contributed by atoms with Crippen molar-refractivity contribution in [2.75, 3.05) is 13.2 Å². The zero-order valence-corrected chi connectivity index (χ0v) is 7.12. The van der Waals surface area contributed by atoms with Crippen LogP contribution in [0.1, 0.15) is 6.42 Å². The SMILES string of the molecule is O=S1(=O)C=C(OCCCO)C=N1. The van der Waals surface area contributed by atoms with Crippen LogP contribution < -0.4 is 0 Å². The molecule has 68 valence electrons. The molecule has 0 saturated carbocycles. The molecule has 0 aromatic heterocycles. The van der Waals surface area contributed by atoms with E-state index in [2.05, 4.69) is 4.40 Å². The molecule has 0 aliphatic carbocycles. The standard InChI is InChI=1S/C6H9NO4S/c8-2-1-3-11-6-4-7-12(9,10)5-6/h4-5,8H,1-3H2. The minimum absolute atomic E-state index is 0.0250. The molecule has 0 atom stereocenters. The third kappa shape index (κ3) is 2.63. The number of hydrogen-bond donors (Lipinski definition) is 1. The molecule has 0 spiro atoms. The number of aliphatic hydroxyl groups is 1. The van der Waals surface area contributed by atoms with E-state index in [0.717, 1.165) is 11.6 Å². The zero-order chi connectivity index (χ0) is 9.03. The molecule has 0 radical (unpaired) electrons. The van der Waals surface area contributed by atoms with E-state index >= 15 is 0 Å². The summed E-state index contributed by atoms with van der Waals surface area (Å²) in [6.07, 6.45) is 1.62. The molecule has 0 aromatic rings. The maximum atomic E-state index is 10.7. The molecular formula is C6H9NO4S. The lowest BCUT2D eigenvalue weighted by molar-refractivity contribution is 0.190. The van der Waals surface area contributed by atoms with Crippen LogP contribution in [0.3, 0.4) is 0 Å². The van der Waals surface area contributed by atoms with Gasteiger partial charge in [-0.15, -0.1) is 0 Å². The smallest absolute Gasteiger partial charge is 0.279 e. The van der Waals surface area contributed by atoms with Crippen LogP contribution in [0.25, 0.3) is 0 Å². The van der Waals surface area contributed by atoms with E-state index in [9.17, 15) is 8.42 Å². The molecule has 0 saturated heterocycles. The lowest BCUT2D eigenvalue weighted by atomic mass is 10.5. The number of hydrogen-bond acceptors (Lipinski definition) is 4. The van der Waals surface area contributed by atoms with Gasteiger partial charge in [-0.2, -0.15) is 12.8 Å². The summed E-state index contributed by atoms with van der Waals surface area (Å²) in [6, 6.07) is 0. The maximum Gasteiger partial charge on any atom is 0.279 e. The number of sulfonamides is 1.